The maximum atomic E-state index is 13.1. The van der Waals surface area contributed by atoms with Crippen LogP contribution in [0, 0.1) is 0 Å². The van der Waals surface area contributed by atoms with Crippen LogP contribution in [0.2, 0.25) is 5.02 Å². The van der Waals surface area contributed by atoms with Crippen LogP contribution in [0.15, 0.2) is 79.0 Å². The molecule has 3 aromatic carbocycles. The molecule has 182 valence electrons. The zero-order valence-corrected chi connectivity index (χ0v) is 19.7. The molecule has 0 radical (unpaired) electrons. The third kappa shape index (κ3) is 6.44. The number of esters is 1. The summed E-state index contributed by atoms with van der Waals surface area (Å²) >= 11 is 5.99. The Kier molecular flexibility index (Phi) is 7.19. The topological polar surface area (TPSA) is 54.1 Å². The first-order valence-electron chi connectivity index (χ1n) is 11.0. The minimum atomic E-state index is -4.44. The lowest BCUT2D eigenvalue weighted by atomic mass is 10.0. The van der Waals surface area contributed by atoms with Crippen molar-refractivity contribution < 1.29 is 22.7 Å². The van der Waals surface area contributed by atoms with Crippen LogP contribution in [0.4, 0.5) is 13.2 Å². The predicted octanol–water partition coefficient (Wildman–Crippen LogP) is 6.67. The molecule has 1 unspecified atom stereocenters. The lowest BCUT2D eigenvalue weighted by molar-refractivity contribution is -0.160. The van der Waals surface area contributed by atoms with Gasteiger partial charge in [0.2, 0.25) is 0 Å². The highest BCUT2D eigenvalue weighted by atomic mass is 35.5. The summed E-state index contributed by atoms with van der Waals surface area (Å²) in [6, 6.07) is 19.8. The Morgan fingerprint density at radius 3 is 2.49 bits per heavy atom. The number of rotatable bonds is 8. The molecule has 2 N–H and O–H groups in total. The number of ether oxygens (including phenoxy) is 1. The van der Waals surface area contributed by atoms with Gasteiger partial charge in [0.25, 0.3) is 0 Å². The number of halogens is 4. The number of alkyl halides is 3. The third-order valence-corrected chi connectivity index (χ3v) is 5.98. The second-order valence-electron chi connectivity index (χ2n) is 8.60. The van der Waals surface area contributed by atoms with E-state index >= 15 is 0 Å². The number of carbonyl (C=O) groups is 1. The number of hydrogen-bond donors (Lipinski definition) is 2. The lowest BCUT2D eigenvalue weighted by Crippen LogP contribution is -2.48. The monoisotopic (exact) mass is 500 g/mol. The van der Waals surface area contributed by atoms with E-state index in [9.17, 15) is 18.0 Å². The Bertz CT molecular complexity index is 1320. The molecule has 1 aromatic heterocycles. The number of nitrogens with one attached hydrogen (secondary N) is 2. The number of aromatic amines is 1. The van der Waals surface area contributed by atoms with Gasteiger partial charge in [0, 0.05) is 35.1 Å². The van der Waals surface area contributed by atoms with Gasteiger partial charge < -0.3 is 9.72 Å². The van der Waals surface area contributed by atoms with Crippen molar-refractivity contribution in [2.45, 2.75) is 38.2 Å². The molecule has 0 aliphatic heterocycles. The Morgan fingerprint density at radius 1 is 1.00 bits per heavy atom. The Morgan fingerprint density at radius 2 is 1.74 bits per heavy atom. The number of aromatic nitrogens is 1. The van der Waals surface area contributed by atoms with Crippen LogP contribution in [0.3, 0.4) is 0 Å². The van der Waals surface area contributed by atoms with E-state index in [2.05, 4.69) is 10.3 Å². The molecular formula is C27H24ClF3N2O2. The number of carbonyl (C=O) groups excluding carboxylic acids is 1. The summed E-state index contributed by atoms with van der Waals surface area (Å²) in [4.78, 5) is 16.1. The van der Waals surface area contributed by atoms with Gasteiger partial charge >= 0.3 is 12.1 Å². The van der Waals surface area contributed by atoms with Crippen molar-refractivity contribution in [2.24, 2.45) is 0 Å². The van der Waals surface area contributed by atoms with Crippen LogP contribution in [0.1, 0.15) is 29.2 Å². The molecule has 8 heteroatoms. The van der Waals surface area contributed by atoms with Crippen molar-refractivity contribution in [3.8, 4) is 0 Å². The fourth-order valence-corrected chi connectivity index (χ4v) is 4.12. The number of fused-ring (bicyclic) bond motifs is 1. The van der Waals surface area contributed by atoms with E-state index < -0.39 is 23.4 Å². The highest BCUT2D eigenvalue weighted by Gasteiger charge is 2.32. The van der Waals surface area contributed by atoms with Crippen LogP contribution < -0.4 is 5.32 Å². The minimum Gasteiger partial charge on any atom is -0.444 e. The van der Waals surface area contributed by atoms with Crippen LogP contribution >= 0.6 is 11.6 Å². The molecule has 0 fully saturated rings. The smallest absolute Gasteiger partial charge is 0.416 e. The second-order valence-corrected chi connectivity index (χ2v) is 9.03. The lowest BCUT2D eigenvalue weighted by Gasteiger charge is -2.31. The molecule has 4 aromatic rings. The average molecular weight is 501 g/mol. The highest BCUT2D eigenvalue weighted by molar-refractivity contribution is 6.30. The molecule has 0 saturated heterocycles. The summed E-state index contributed by atoms with van der Waals surface area (Å²) in [5.74, 6) is -0.456. The predicted molar refractivity (Wildman–Crippen MR) is 130 cm³/mol. The average Bonchev–Trinajstić information content (AvgIpc) is 3.21. The zero-order chi connectivity index (χ0) is 25.1. The van der Waals surface area contributed by atoms with Gasteiger partial charge in [0.1, 0.15) is 0 Å². The number of benzene rings is 3. The van der Waals surface area contributed by atoms with Crippen LogP contribution in [-0.2, 0) is 35.1 Å². The molecule has 35 heavy (non-hydrogen) atoms. The Hall–Kier alpha value is -3.29. The van der Waals surface area contributed by atoms with Crippen LogP contribution in [0.5, 0.6) is 0 Å². The molecule has 0 bridgehead atoms. The van der Waals surface area contributed by atoms with Crippen molar-refractivity contribution in [1.29, 1.82) is 0 Å². The van der Waals surface area contributed by atoms with Gasteiger partial charge in [-0.3, -0.25) is 10.1 Å². The first-order chi connectivity index (χ1) is 16.6. The summed E-state index contributed by atoms with van der Waals surface area (Å²) in [6.45, 7) is 1.79. The van der Waals surface area contributed by atoms with Gasteiger partial charge in [-0.15, -0.1) is 0 Å². The molecule has 4 rings (SSSR count). The van der Waals surface area contributed by atoms with Crippen molar-refractivity contribution >= 4 is 28.5 Å². The minimum absolute atomic E-state index is 0.0471. The molecular weight excluding hydrogens is 477 g/mol. The highest BCUT2D eigenvalue weighted by Crippen LogP contribution is 2.30. The van der Waals surface area contributed by atoms with Gasteiger partial charge in [0.05, 0.1) is 12.0 Å². The molecule has 4 nitrogen and oxygen atoms in total. The fraction of sp³-hybridized carbons (Fsp3) is 0.222. The van der Waals surface area contributed by atoms with E-state index in [0.29, 0.717) is 17.0 Å². The van der Waals surface area contributed by atoms with Gasteiger partial charge in [-0.05, 0) is 47.9 Å². The van der Waals surface area contributed by atoms with E-state index in [4.69, 9.17) is 16.3 Å². The first kappa shape index (κ1) is 24.8. The first-order valence-corrected chi connectivity index (χ1v) is 11.4. The van der Waals surface area contributed by atoms with Crippen molar-refractivity contribution in [2.75, 3.05) is 0 Å². The molecule has 1 atom stereocenters. The number of H-pyrrole nitrogens is 1. The van der Waals surface area contributed by atoms with Crippen molar-refractivity contribution in [1.82, 2.24) is 10.3 Å². The SMILES string of the molecule is CC(Cc1ccc(Cl)cc1)(NCc1cccc(C(F)(F)F)c1)OC(=O)Cc1c[nH]c2ccccc12. The maximum Gasteiger partial charge on any atom is 0.416 e. The van der Waals surface area contributed by atoms with Gasteiger partial charge in [0.15, 0.2) is 5.72 Å². The number of para-hydroxylation sites is 1. The van der Waals surface area contributed by atoms with Gasteiger partial charge in [-0.25, -0.2) is 0 Å². The van der Waals surface area contributed by atoms with E-state index in [-0.39, 0.29) is 13.0 Å². The molecule has 0 aliphatic rings. The standard InChI is InChI=1S/C27H24ClF3N2O2/c1-26(15-18-9-11-22(28)12-10-18,33-16-19-5-4-6-21(13-19)27(29,30)31)35-25(34)14-20-17-32-24-8-3-2-7-23(20)24/h2-13,17,32-33H,14-16H2,1H3. The van der Waals surface area contributed by atoms with E-state index in [1.165, 1.54) is 6.07 Å². The van der Waals surface area contributed by atoms with Crippen molar-refractivity contribution in [3.05, 3.63) is 106 Å². The Balaban J connectivity index is 1.52. The van der Waals surface area contributed by atoms with Crippen molar-refractivity contribution in [3.63, 3.8) is 0 Å². The van der Waals surface area contributed by atoms with Crippen LogP contribution in [0.25, 0.3) is 10.9 Å². The third-order valence-electron chi connectivity index (χ3n) is 5.72. The molecule has 0 amide bonds. The largest absolute Gasteiger partial charge is 0.444 e. The van der Waals surface area contributed by atoms with Gasteiger partial charge in [-0.1, -0.05) is 60.1 Å². The van der Waals surface area contributed by atoms with Crippen LogP contribution in [-0.4, -0.2) is 16.7 Å². The summed E-state index contributed by atoms with van der Waals surface area (Å²) in [5, 5.41) is 4.65. The van der Waals surface area contributed by atoms with Gasteiger partial charge in [-0.2, -0.15) is 13.2 Å². The molecule has 0 aliphatic carbocycles. The summed E-state index contributed by atoms with van der Waals surface area (Å²) in [6.07, 6.45) is -2.32. The van der Waals surface area contributed by atoms with E-state index in [1.807, 2.05) is 36.4 Å². The Labute approximate surface area is 206 Å². The normalized spacial score (nSPS) is 13.5. The van der Waals surface area contributed by atoms with E-state index in [0.717, 1.165) is 34.2 Å². The second kappa shape index (κ2) is 10.1. The maximum absolute atomic E-state index is 13.1. The molecule has 0 saturated carbocycles. The zero-order valence-electron chi connectivity index (χ0n) is 19.0. The fourth-order valence-electron chi connectivity index (χ4n) is 3.99. The summed E-state index contributed by atoms with van der Waals surface area (Å²) in [7, 11) is 0. The molecule has 0 spiro atoms. The van der Waals surface area contributed by atoms with E-state index in [1.54, 1.807) is 31.3 Å². The molecule has 1 heterocycles. The summed E-state index contributed by atoms with van der Waals surface area (Å²) in [5.41, 5.74) is 1.10. The quantitative estimate of drug-likeness (QED) is 0.210. The number of hydrogen-bond acceptors (Lipinski definition) is 3. The summed E-state index contributed by atoms with van der Waals surface area (Å²) < 4.78 is 45.3.